The fourth-order valence-electron chi connectivity index (χ4n) is 2.86. The molecule has 1 saturated heterocycles. The van der Waals surface area contributed by atoms with Crippen LogP contribution in [-0.4, -0.2) is 51.9 Å². The molecule has 130 valence electrons. The van der Waals surface area contributed by atoms with E-state index >= 15 is 0 Å². The second-order valence-electron chi connectivity index (χ2n) is 5.98. The fraction of sp³-hybridized carbons (Fsp3) is 0.353. The van der Waals surface area contributed by atoms with Crippen LogP contribution in [0.2, 0.25) is 0 Å². The number of hydrogen-bond acceptors (Lipinski definition) is 6. The molecular formula is C17H19N5O3. The van der Waals surface area contributed by atoms with E-state index in [1.807, 2.05) is 23.1 Å². The molecule has 0 atom stereocenters. The van der Waals surface area contributed by atoms with Crippen LogP contribution in [0.1, 0.15) is 11.3 Å². The van der Waals surface area contributed by atoms with Gasteiger partial charge in [0.15, 0.2) is 0 Å². The second-order valence-corrected chi connectivity index (χ2v) is 5.98. The number of anilines is 1. The first-order valence-electron chi connectivity index (χ1n) is 8.08. The van der Waals surface area contributed by atoms with Gasteiger partial charge in [-0.25, -0.2) is 4.98 Å². The van der Waals surface area contributed by atoms with Gasteiger partial charge in [-0.05, 0) is 24.6 Å². The van der Waals surface area contributed by atoms with Crippen molar-refractivity contribution in [2.75, 3.05) is 31.1 Å². The van der Waals surface area contributed by atoms with Crippen LogP contribution in [0.25, 0.3) is 0 Å². The Morgan fingerprint density at radius 2 is 2.00 bits per heavy atom. The molecule has 0 N–H and O–H groups in total. The molecule has 1 aliphatic heterocycles. The van der Waals surface area contributed by atoms with Gasteiger partial charge in [0, 0.05) is 50.3 Å². The maximum Gasteiger partial charge on any atom is 0.311 e. The predicted molar refractivity (Wildman–Crippen MR) is 92.4 cm³/mol. The third kappa shape index (κ3) is 3.90. The molecule has 8 nitrogen and oxygen atoms in total. The van der Waals surface area contributed by atoms with Gasteiger partial charge < -0.3 is 9.80 Å². The smallest absolute Gasteiger partial charge is 0.311 e. The van der Waals surface area contributed by atoms with E-state index in [4.69, 9.17) is 0 Å². The van der Waals surface area contributed by atoms with Crippen LogP contribution in [0.15, 0.2) is 36.7 Å². The molecule has 0 saturated carbocycles. The molecule has 0 unspecified atom stereocenters. The molecule has 1 aliphatic rings. The van der Waals surface area contributed by atoms with E-state index in [0.717, 1.165) is 11.3 Å². The van der Waals surface area contributed by atoms with Crippen molar-refractivity contribution in [2.45, 2.75) is 13.3 Å². The molecule has 0 bridgehead atoms. The van der Waals surface area contributed by atoms with Crippen LogP contribution in [0.4, 0.5) is 11.5 Å². The lowest BCUT2D eigenvalue weighted by atomic mass is 10.2. The van der Waals surface area contributed by atoms with E-state index in [0.29, 0.717) is 32.0 Å². The number of carbonyl (C=O) groups is 1. The summed E-state index contributed by atoms with van der Waals surface area (Å²) in [6.45, 7) is 3.84. The quantitative estimate of drug-likeness (QED) is 0.619. The number of nitro groups is 1. The average molecular weight is 341 g/mol. The standard InChI is InChI=1S/C17H19N5O3/c1-13-10-15(22(24)25)17(19-12-13)21-8-6-20(7-9-21)16(23)11-14-4-2-3-5-18-14/h2-5,10,12H,6-9,11H2,1H3. The van der Waals surface area contributed by atoms with Gasteiger partial charge >= 0.3 is 5.69 Å². The number of carbonyl (C=O) groups excluding carboxylic acids is 1. The third-order valence-corrected chi connectivity index (χ3v) is 4.17. The molecule has 0 aliphatic carbocycles. The van der Waals surface area contributed by atoms with Gasteiger partial charge in [-0.3, -0.25) is 19.9 Å². The minimum absolute atomic E-state index is 0.00765. The Kier molecular flexibility index (Phi) is 4.87. The van der Waals surface area contributed by atoms with Gasteiger partial charge in [-0.15, -0.1) is 0 Å². The molecule has 3 rings (SSSR count). The molecule has 0 radical (unpaired) electrons. The summed E-state index contributed by atoms with van der Waals surface area (Å²) in [5.74, 6) is 0.386. The summed E-state index contributed by atoms with van der Waals surface area (Å²) >= 11 is 0. The van der Waals surface area contributed by atoms with Crippen LogP contribution < -0.4 is 4.90 Å². The number of rotatable bonds is 4. The lowest BCUT2D eigenvalue weighted by Crippen LogP contribution is -2.49. The van der Waals surface area contributed by atoms with Crippen LogP contribution >= 0.6 is 0 Å². The summed E-state index contributed by atoms with van der Waals surface area (Å²) in [5, 5.41) is 11.3. The Balaban J connectivity index is 1.64. The molecule has 1 amide bonds. The topological polar surface area (TPSA) is 92.5 Å². The van der Waals surface area contributed by atoms with Crippen molar-refractivity contribution in [3.05, 3.63) is 58.0 Å². The molecule has 25 heavy (non-hydrogen) atoms. The molecular weight excluding hydrogens is 322 g/mol. The highest BCUT2D eigenvalue weighted by atomic mass is 16.6. The minimum atomic E-state index is -0.409. The lowest BCUT2D eigenvalue weighted by Gasteiger charge is -2.35. The summed E-state index contributed by atoms with van der Waals surface area (Å²) in [5.41, 5.74) is 1.50. The maximum absolute atomic E-state index is 12.4. The highest BCUT2D eigenvalue weighted by Gasteiger charge is 2.27. The van der Waals surface area contributed by atoms with Crippen LogP contribution in [0, 0.1) is 17.0 Å². The predicted octanol–water partition coefficient (Wildman–Crippen LogP) is 1.58. The van der Waals surface area contributed by atoms with E-state index < -0.39 is 4.92 Å². The zero-order chi connectivity index (χ0) is 17.8. The van der Waals surface area contributed by atoms with Crippen molar-refractivity contribution in [1.29, 1.82) is 0 Å². The monoisotopic (exact) mass is 341 g/mol. The molecule has 2 aromatic heterocycles. The van der Waals surface area contributed by atoms with Crippen molar-refractivity contribution in [2.24, 2.45) is 0 Å². The molecule has 2 aromatic rings. The van der Waals surface area contributed by atoms with E-state index in [2.05, 4.69) is 9.97 Å². The normalized spacial score (nSPS) is 14.4. The van der Waals surface area contributed by atoms with Crippen molar-refractivity contribution in [3.63, 3.8) is 0 Å². The van der Waals surface area contributed by atoms with E-state index in [1.54, 1.807) is 24.2 Å². The molecule has 3 heterocycles. The van der Waals surface area contributed by atoms with Crippen LogP contribution in [0.5, 0.6) is 0 Å². The van der Waals surface area contributed by atoms with Gasteiger partial charge in [0.05, 0.1) is 11.3 Å². The van der Waals surface area contributed by atoms with Crippen molar-refractivity contribution < 1.29 is 9.72 Å². The van der Waals surface area contributed by atoms with Crippen molar-refractivity contribution in [1.82, 2.24) is 14.9 Å². The zero-order valence-corrected chi connectivity index (χ0v) is 14.0. The van der Waals surface area contributed by atoms with Gasteiger partial charge in [0.2, 0.25) is 11.7 Å². The maximum atomic E-state index is 12.4. The third-order valence-electron chi connectivity index (χ3n) is 4.17. The number of nitrogens with zero attached hydrogens (tertiary/aromatic N) is 5. The molecule has 1 fully saturated rings. The average Bonchev–Trinajstić information content (AvgIpc) is 2.62. The Morgan fingerprint density at radius 3 is 2.64 bits per heavy atom. The summed E-state index contributed by atoms with van der Waals surface area (Å²) in [6.07, 6.45) is 3.56. The first-order valence-corrected chi connectivity index (χ1v) is 8.08. The van der Waals surface area contributed by atoms with Crippen LogP contribution in [-0.2, 0) is 11.2 Å². The molecule has 0 spiro atoms. The van der Waals surface area contributed by atoms with Crippen LogP contribution in [0.3, 0.4) is 0 Å². The first-order chi connectivity index (χ1) is 12.0. The molecule has 0 aromatic carbocycles. The Labute approximate surface area is 145 Å². The number of pyridine rings is 2. The van der Waals surface area contributed by atoms with Gasteiger partial charge in [0.1, 0.15) is 0 Å². The Morgan fingerprint density at radius 1 is 1.24 bits per heavy atom. The highest BCUT2D eigenvalue weighted by Crippen LogP contribution is 2.27. The van der Waals surface area contributed by atoms with Gasteiger partial charge in [0.25, 0.3) is 0 Å². The van der Waals surface area contributed by atoms with Crippen molar-refractivity contribution >= 4 is 17.4 Å². The number of piperazine rings is 1. The summed E-state index contributed by atoms with van der Waals surface area (Å²) in [6, 6.07) is 7.03. The highest BCUT2D eigenvalue weighted by molar-refractivity contribution is 5.78. The SMILES string of the molecule is Cc1cnc(N2CCN(C(=O)Cc3ccccn3)CC2)c([N+](=O)[O-])c1. The van der Waals surface area contributed by atoms with E-state index in [-0.39, 0.29) is 18.0 Å². The Bertz CT molecular complexity index is 773. The number of aromatic nitrogens is 2. The summed E-state index contributed by atoms with van der Waals surface area (Å²) in [4.78, 5) is 35.3. The van der Waals surface area contributed by atoms with Gasteiger partial charge in [-0.1, -0.05) is 6.07 Å². The fourth-order valence-corrected chi connectivity index (χ4v) is 2.86. The number of aryl methyl sites for hydroxylation is 1. The lowest BCUT2D eigenvalue weighted by molar-refractivity contribution is -0.384. The minimum Gasteiger partial charge on any atom is -0.347 e. The van der Waals surface area contributed by atoms with E-state index in [1.165, 1.54) is 6.07 Å². The summed E-state index contributed by atoms with van der Waals surface area (Å²) in [7, 11) is 0. The molecule has 8 heteroatoms. The first kappa shape index (κ1) is 16.8. The largest absolute Gasteiger partial charge is 0.347 e. The zero-order valence-electron chi connectivity index (χ0n) is 14.0. The summed E-state index contributed by atoms with van der Waals surface area (Å²) < 4.78 is 0. The van der Waals surface area contributed by atoms with Gasteiger partial charge in [-0.2, -0.15) is 0 Å². The number of amides is 1. The second kappa shape index (κ2) is 7.25. The number of hydrogen-bond donors (Lipinski definition) is 0. The van der Waals surface area contributed by atoms with E-state index in [9.17, 15) is 14.9 Å². The Hall–Kier alpha value is -3.03. The van der Waals surface area contributed by atoms with Crippen molar-refractivity contribution in [3.8, 4) is 0 Å².